The van der Waals surface area contributed by atoms with Crippen molar-refractivity contribution >= 4 is 11.8 Å². The Kier molecular flexibility index (Phi) is 10.8. The van der Waals surface area contributed by atoms with Crippen molar-refractivity contribution in [3.05, 3.63) is 35.9 Å². The Morgan fingerprint density at radius 2 is 1.90 bits per heavy atom. The molecule has 0 spiro atoms. The zero-order valence-electron chi connectivity index (χ0n) is 18.0. The third-order valence-corrected chi connectivity index (χ3v) is 5.15. The number of methoxy groups -OCH3 is 1. The maximum Gasteiger partial charge on any atom is 0.263 e. The summed E-state index contributed by atoms with van der Waals surface area (Å²) in [5, 5.41) is 1.88. The van der Waals surface area contributed by atoms with Crippen LogP contribution in [0.1, 0.15) is 44.6 Å². The van der Waals surface area contributed by atoms with E-state index in [1.54, 1.807) is 7.11 Å². The standard InChI is InChI=1S/C22H35N3O5/c1-3-4-10-19(21(23)26)30-20(15-17-8-6-5-7-9-17)22(27)24-25-13-11-18(12-14-25)29-16-28-2/h5-9,18-20H,3-4,10-16H2,1-2H3,(H2,23,26)(H,24,27)/t19?,20-/m0/s1. The van der Waals surface area contributed by atoms with Crippen LogP contribution in [0.5, 0.6) is 0 Å². The highest BCUT2D eigenvalue weighted by molar-refractivity contribution is 5.82. The third-order valence-electron chi connectivity index (χ3n) is 5.15. The minimum Gasteiger partial charge on any atom is -0.367 e. The number of benzene rings is 1. The summed E-state index contributed by atoms with van der Waals surface area (Å²) in [4.78, 5) is 24.9. The first-order valence-corrected chi connectivity index (χ1v) is 10.7. The van der Waals surface area contributed by atoms with Gasteiger partial charge in [0.1, 0.15) is 19.0 Å². The van der Waals surface area contributed by atoms with E-state index < -0.39 is 18.1 Å². The molecular weight excluding hydrogens is 386 g/mol. The van der Waals surface area contributed by atoms with Gasteiger partial charge in [0, 0.05) is 26.6 Å². The number of hydrogen-bond donors (Lipinski definition) is 2. The largest absolute Gasteiger partial charge is 0.367 e. The highest BCUT2D eigenvalue weighted by Gasteiger charge is 2.29. The average Bonchev–Trinajstić information content (AvgIpc) is 2.75. The molecule has 2 amide bonds. The molecule has 1 heterocycles. The number of primary amides is 1. The normalized spacial score (nSPS) is 17.4. The van der Waals surface area contributed by atoms with Crippen molar-refractivity contribution in [3.8, 4) is 0 Å². The monoisotopic (exact) mass is 421 g/mol. The van der Waals surface area contributed by atoms with Crippen LogP contribution in [0.3, 0.4) is 0 Å². The molecule has 8 nitrogen and oxygen atoms in total. The predicted octanol–water partition coefficient (Wildman–Crippen LogP) is 1.77. The van der Waals surface area contributed by atoms with Gasteiger partial charge in [0.15, 0.2) is 0 Å². The minimum atomic E-state index is -0.802. The fraction of sp³-hybridized carbons (Fsp3) is 0.636. The van der Waals surface area contributed by atoms with E-state index in [0.717, 1.165) is 31.2 Å². The van der Waals surface area contributed by atoms with Crippen molar-refractivity contribution in [3.63, 3.8) is 0 Å². The van der Waals surface area contributed by atoms with Crippen molar-refractivity contribution in [1.82, 2.24) is 10.4 Å². The van der Waals surface area contributed by atoms with Crippen molar-refractivity contribution in [2.75, 3.05) is 27.0 Å². The van der Waals surface area contributed by atoms with Gasteiger partial charge in [0.2, 0.25) is 5.91 Å². The second-order valence-corrected chi connectivity index (χ2v) is 7.58. The molecule has 1 aliphatic rings. The minimum absolute atomic E-state index is 0.128. The number of piperidine rings is 1. The number of ether oxygens (including phenoxy) is 3. The predicted molar refractivity (Wildman–Crippen MR) is 113 cm³/mol. The van der Waals surface area contributed by atoms with Crippen molar-refractivity contribution in [2.45, 2.75) is 63.8 Å². The number of nitrogens with zero attached hydrogens (tertiary/aromatic N) is 1. The first-order chi connectivity index (χ1) is 14.5. The Bertz CT molecular complexity index is 635. The van der Waals surface area contributed by atoms with Gasteiger partial charge in [-0.05, 0) is 24.8 Å². The maximum atomic E-state index is 13.0. The SMILES string of the molecule is CCCCC(O[C@@H](Cc1ccccc1)C(=O)NN1CCC(OCOC)CC1)C(N)=O. The van der Waals surface area contributed by atoms with Gasteiger partial charge < -0.3 is 19.9 Å². The Balaban J connectivity index is 1.98. The molecule has 1 aromatic carbocycles. The van der Waals surface area contributed by atoms with Gasteiger partial charge in [-0.15, -0.1) is 0 Å². The maximum absolute atomic E-state index is 13.0. The molecule has 0 aromatic heterocycles. The van der Waals surface area contributed by atoms with E-state index in [0.29, 0.717) is 25.9 Å². The summed E-state index contributed by atoms with van der Waals surface area (Å²) >= 11 is 0. The second kappa shape index (κ2) is 13.3. The van der Waals surface area contributed by atoms with Crippen molar-refractivity contribution in [1.29, 1.82) is 0 Å². The van der Waals surface area contributed by atoms with Crippen LogP contribution in [0.25, 0.3) is 0 Å². The van der Waals surface area contributed by atoms with Gasteiger partial charge in [-0.1, -0.05) is 50.1 Å². The number of carbonyl (C=O) groups excluding carboxylic acids is 2. The zero-order valence-corrected chi connectivity index (χ0v) is 18.0. The van der Waals surface area contributed by atoms with E-state index in [-0.39, 0.29) is 18.8 Å². The molecule has 8 heteroatoms. The Morgan fingerprint density at radius 1 is 1.20 bits per heavy atom. The van der Waals surface area contributed by atoms with Crippen LogP contribution in [-0.4, -0.2) is 62.1 Å². The molecule has 0 aliphatic carbocycles. The molecule has 0 bridgehead atoms. The fourth-order valence-electron chi connectivity index (χ4n) is 3.42. The number of hydrogen-bond acceptors (Lipinski definition) is 6. The van der Waals surface area contributed by atoms with Gasteiger partial charge in [-0.25, -0.2) is 5.01 Å². The third kappa shape index (κ3) is 8.39. The van der Waals surface area contributed by atoms with E-state index in [1.165, 1.54) is 0 Å². The van der Waals surface area contributed by atoms with E-state index in [2.05, 4.69) is 5.43 Å². The van der Waals surface area contributed by atoms with Gasteiger partial charge in [-0.2, -0.15) is 0 Å². The van der Waals surface area contributed by atoms with Crippen LogP contribution in [0.2, 0.25) is 0 Å². The number of rotatable bonds is 13. The van der Waals surface area contributed by atoms with Gasteiger partial charge in [-0.3, -0.25) is 15.0 Å². The summed E-state index contributed by atoms with van der Waals surface area (Å²) in [6, 6.07) is 9.62. The molecule has 30 heavy (non-hydrogen) atoms. The van der Waals surface area contributed by atoms with Crippen molar-refractivity contribution in [2.24, 2.45) is 5.73 Å². The number of unbranched alkanes of at least 4 members (excludes halogenated alkanes) is 1. The summed E-state index contributed by atoms with van der Waals surface area (Å²) in [6.07, 6.45) is 2.75. The summed E-state index contributed by atoms with van der Waals surface area (Å²) in [5.74, 6) is -0.803. The molecule has 1 unspecified atom stereocenters. The lowest BCUT2D eigenvalue weighted by molar-refractivity contribution is -0.149. The van der Waals surface area contributed by atoms with E-state index in [4.69, 9.17) is 19.9 Å². The molecule has 0 radical (unpaired) electrons. The van der Waals surface area contributed by atoms with Crippen LogP contribution < -0.4 is 11.2 Å². The zero-order chi connectivity index (χ0) is 21.8. The van der Waals surface area contributed by atoms with Gasteiger partial charge in [0.25, 0.3) is 5.91 Å². The topological polar surface area (TPSA) is 103 Å². The molecule has 1 aromatic rings. The molecule has 2 rings (SSSR count). The molecule has 1 fully saturated rings. The first-order valence-electron chi connectivity index (χ1n) is 10.7. The molecule has 1 aliphatic heterocycles. The van der Waals surface area contributed by atoms with Gasteiger partial charge >= 0.3 is 0 Å². The number of hydrazine groups is 1. The van der Waals surface area contributed by atoms with Crippen LogP contribution in [0.4, 0.5) is 0 Å². The highest BCUT2D eigenvalue weighted by Crippen LogP contribution is 2.15. The molecule has 168 valence electrons. The van der Waals surface area contributed by atoms with E-state index in [9.17, 15) is 9.59 Å². The molecule has 1 saturated heterocycles. The van der Waals surface area contributed by atoms with E-state index in [1.807, 2.05) is 42.3 Å². The Hall–Kier alpha value is -2.00. The highest BCUT2D eigenvalue weighted by atomic mass is 16.7. The molecule has 0 saturated carbocycles. The van der Waals surface area contributed by atoms with Crippen molar-refractivity contribution < 1.29 is 23.8 Å². The van der Waals surface area contributed by atoms with Crippen LogP contribution in [0.15, 0.2) is 30.3 Å². The number of carbonyl (C=O) groups is 2. The average molecular weight is 422 g/mol. The Morgan fingerprint density at radius 3 is 2.50 bits per heavy atom. The Labute approximate surface area is 179 Å². The lowest BCUT2D eigenvalue weighted by Gasteiger charge is -2.33. The molecule has 3 N–H and O–H groups in total. The lowest BCUT2D eigenvalue weighted by Crippen LogP contribution is -2.53. The van der Waals surface area contributed by atoms with Crippen LogP contribution in [-0.2, 0) is 30.2 Å². The summed E-state index contributed by atoms with van der Waals surface area (Å²) in [7, 11) is 1.60. The molecule has 2 atom stereocenters. The lowest BCUT2D eigenvalue weighted by atomic mass is 10.1. The number of amides is 2. The number of nitrogens with two attached hydrogens (primary N) is 1. The second-order valence-electron chi connectivity index (χ2n) is 7.58. The quantitative estimate of drug-likeness (QED) is 0.471. The summed E-state index contributed by atoms with van der Waals surface area (Å²) < 4.78 is 16.5. The van der Waals surface area contributed by atoms with Gasteiger partial charge in [0.05, 0.1) is 6.10 Å². The first kappa shape index (κ1) is 24.3. The fourth-order valence-corrected chi connectivity index (χ4v) is 3.42. The summed E-state index contributed by atoms with van der Waals surface area (Å²) in [5.41, 5.74) is 9.44. The molecular formula is C22H35N3O5. The summed E-state index contributed by atoms with van der Waals surface area (Å²) in [6.45, 7) is 3.66. The smallest absolute Gasteiger partial charge is 0.263 e. The number of nitrogens with one attached hydrogen (secondary N) is 1. The van der Waals surface area contributed by atoms with Crippen LogP contribution in [0, 0.1) is 0 Å². The van der Waals surface area contributed by atoms with Crippen LogP contribution >= 0.6 is 0 Å². The van der Waals surface area contributed by atoms with E-state index >= 15 is 0 Å².